The summed E-state index contributed by atoms with van der Waals surface area (Å²) in [4.78, 5) is 2.62. The summed E-state index contributed by atoms with van der Waals surface area (Å²) in [5.41, 5.74) is 0. The highest BCUT2D eigenvalue weighted by atomic mass is 16.3. The number of rotatable bonds is 8. The molecule has 1 N–H and O–H groups in total. The maximum Gasteiger partial charge on any atom is 0.0580 e. The van der Waals surface area contributed by atoms with E-state index in [-0.39, 0.29) is 6.10 Å². The van der Waals surface area contributed by atoms with Gasteiger partial charge in [-0.25, -0.2) is 0 Å². The molecule has 0 spiro atoms. The van der Waals surface area contributed by atoms with Crippen LogP contribution < -0.4 is 0 Å². The zero-order valence-corrected chi connectivity index (χ0v) is 14.3. The molecule has 0 saturated heterocycles. The van der Waals surface area contributed by atoms with Crippen LogP contribution in [0.15, 0.2) is 0 Å². The highest BCUT2D eigenvalue weighted by Crippen LogP contribution is 2.24. The molecule has 0 bridgehead atoms. The summed E-state index contributed by atoms with van der Waals surface area (Å²) in [7, 11) is 0. The zero-order chi connectivity index (χ0) is 15.0. The molecule has 120 valence electrons. The molecule has 1 aliphatic rings. The Morgan fingerprint density at radius 2 is 1.45 bits per heavy atom. The molecule has 2 atom stereocenters. The first-order valence-corrected chi connectivity index (χ1v) is 8.89. The molecular formula is C18H37NO. The van der Waals surface area contributed by atoms with Gasteiger partial charge in [-0.3, -0.25) is 0 Å². The van der Waals surface area contributed by atoms with E-state index in [0.29, 0.717) is 5.92 Å². The van der Waals surface area contributed by atoms with Crippen LogP contribution >= 0.6 is 0 Å². The Morgan fingerprint density at radius 1 is 0.900 bits per heavy atom. The second-order valence-corrected chi connectivity index (χ2v) is 7.63. The normalized spacial score (nSPS) is 24.6. The van der Waals surface area contributed by atoms with Gasteiger partial charge < -0.3 is 10.0 Å². The molecule has 0 aliphatic heterocycles. The first kappa shape index (κ1) is 18.0. The SMILES string of the molecule is CC(C)CCN(CCC(C)C)CC1CCCCCC1O. The van der Waals surface area contributed by atoms with Crippen molar-refractivity contribution < 1.29 is 5.11 Å². The van der Waals surface area contributed by atoms with Crippen molar-refractivity contribution in [2.45, 2.75) is 78.7 Å². The molecule has 2 nitrogen and oxygen atoms in total. The van der Waals surface area contributed by atoms with Crippen LogP contribution in [0.25, 0.3) is 0 Å². The number of nitrogens with zero attached hydrogens (tertiary/aromatic N) is 1. The van der Waals surface area contributed by atoms with Crippen LogP contribution in [-0.4, -0.2) is 35.7 Å². The van der Waals surface area contributed by atoms with Gasteiger partial charge in [-0.05, 0) is 56.5 Å². The molecule has 0 heterocycles. The standard InChI is InChI=1S/C18H37NO/c1-15(2)10-12-19(13-11-16(3)4)14-17-8-6-5-7-9-18(17)20/h15-18,20H,5-14H2,1-4H3. The molecule has 1 rings (SSSR count). The fourth-order valence-electron chi connectivity index (χ4n) is 3.09. The molecular weight excluding hydrogens is 246 g/mol. The van der Waals surface area contributed by atoms with Gasteiger partial charge in [0.15, 0.2) is 0 Å². The number of hydrogen-bond donors (Lipinski definition) is 1. The van der Waals surface area contributed by atoms with E-state index in [1.165, 1.54) is 51.6 Å². The predicted molar refractivity (Wildman–Crippen MR) is 87.9 cm³/mol. The first-order valence-electron chi connectivity index (χ1n) is 8.89. The van der Waals surface area contributed by atoms with E-state index in [2.05, 4.69) is 32.6 Å². The lowest BCUT2D eigenvalue weighted by Crippen LogP contribution is -2.36. The van der Waals surface area contributed by atoms with E-state index >= 15 is 0 Å². The molecule has 0 aromatic rings. The first-order chi connectivity index (χ1) is 9.49. The Bertz CT molecular complexity index is 228. The third-order valence-corrected chi connectivity index (χ3v) is 4.66. The maximum atomic E-state index is 10.3. The summed E-state index contributed by atoms with van der Waals surface area (Å²) in [5.74, 6) is 2.06. The fraction of sp³-hybridized carbons (Fsp3) is 1.00. The summed E-state index contributed by atoms with van der Waals surface area (Å²) in [6.45, 7) is 12.7. The fourth-order valence-corrected chi connectivity index (χ4v) is 3.09. The average molecular weight is 283 g/mol. The van der Waals surface area contributed by atoms with Crippen molar-refractivity contribution >= 4 is 0 Å². The zero-order valence-electron chi connectivity index (χ0n) is 14.3. The van der Waals surface area contributed by atoms with Gasteiger partial charge in [0.25, 0.3) is 0 Å². The molecule has 1 saturated carbocycles. The van der Waals surface area contributed by atoms with E-state index in [1.807, 2.05) is 0 Å². The molecule has 1 aliphatic carbocycles. The highest BCUT2D eigenvalue weighted by molar-refractivity contribution is 4.77. The minimum atomic E-state index is -0.0573. The summed E-state index contributed by atoms with van der Waals surface area (Å²) >= 11 is 0. The Kier molecular flexibility index (Phi) is 8.79. The molecule has 0 amide bonds. The summed E-state index contributed by atoms with van der Waals surface area (Å²) in [6, 6.07) is 0. The second-order valence-electron chi connectivity index (χ2n) is 7.63. The van der Waals surface area contributed by atoms with Crippen LogP contribution in [0.3, 0.4) is 0 Å². The topological polar surface area (TPSA) is 23.5 Å². The van der Waals surface area contributed by atoms with Crippen LogP contribution in [0, 0.1) is 17.8 Å². The number of aliphatic hydroxyl groups excluding tert-OH is 1. The van der Waals surface area contributed by atoms with Gasteiger partial charge in [-0.1, -0.05) is 47.0 Å². The van der Waals surface area contributed by atoms with Crippen LogP contribution in [0.4, 0.5) is 0 Å². The van der Waals surface area contributed by atoms with E-state index < -0.39 is 0 Å². The monoisotopic (exact) mass is 283 g/mol. The number of aliphatic hydroxyl groups is 1. The van der Waals surface area contributed by atoms with Crippen LogP contribution in [0.1, 0.15) is 72.6 Å². The van der Waals surface area contributed by atoms with Crippen molar-refractivity contribution in [2.75, 3.05) is 19.6 Å². The van der Waals surface area contributed by atoms with E-state index in [1.54, 1.807) is 0 Å². The van der Waals surface area contributed by atoms with Gasteiger partial charge >= 0.3 is 0 Å². The quantitative estimate of drug-likeness (QED) is 0.671. The Labute approximate surface area is 126 Å². The lowest BCUT2D eigenvalue weighted by atomic mass is 9.96. The van der Waals surface area contributed by atoms with Gasteiger partial charge in [0.1, 0.15) is 0 Å². The number of hydrogen-bond acceptors (Lipinski definition) is 2. The Balaban J connectivity index is 2.47. The minimum absolute atomic E-state index is 0.0573. The van der Waals surface area contributed by atoms with E-state index in [4.69, 9.17) is 0 Å². The lowest BCUT2D eigenvalue weighted by Gasteiger charge is -2.30. The largest absolute Gasteiger partial charge is 0.393 e. The molecule has 2 heteroatoms. The van der Waals surface area contributed by atoms with E-state index in [0.717, 1.165) is 24.8 Å². The third kappa shape index (κ3) is 7.64. The average Bonchev–Trinajstić information content (AvgIpc) is 2.57. The summed E-state index contributed by atoms with van der Waals surface area (Å²) < 4.78 is 0. The summed E-state index contributed by atoms with van der Waals surface area (Å²) in [6.07, 6.45) is 8.58. The Morgan fingerprint density at radius 3 is 2.00 bits per heavy atom. The van der Waals surface area contributed by atoms with Gasteiger partial charge in [-0.2, -0.15) is 0 Å². The van der Waals surface area contributed by atoms with Crippen molar-refractivity contribution in [1.82, 2.24) is 4.90 Å². The van der Waals surface area contributed by atoms with Crippen LogP contribution in [-0.2, 0) is 0 Å². The Hall–Kier alpha value is -0.0800. The molecule has 1 fully saturated rings. The minimum Gasteiger partial charge on any atom is -0.393 e. The molecule has 0 aromatic carbocycles. The van der Waals surface area contributed by atoms with Crippen LogP contribution in [0.5, 0.6) is 0 Å². The van der Waals surface area contributed by atoms with Gasteiger partial charge in [-0.15, -0.1) is 0 Å². The van der Waals surface area contributed by atoms with Crippen molar-refractivity contribution in [2.24, 2.45) is 17.8 Å². The second kappa shape index (κ2) is 9.78. The molecule has 20 heavy (non-hydrogen) atoms. The smallest absolute Gasteiger partial charge is 0.0580 e. The van der Waals surface area contributed by atoms with Gasteiger partial charge in [0, 0.05) is 6.54 Å². The van der Waals surface area contributed by atoms with Crippen molar-refractivity contribution in [1.29, 1.82) is 0 Å². The third-order valence-electron chi connectivity index (χ3n) is 4.66. The lowest BCUT2D eigenvalue weighted by molar-refractivity contribution is 0.0708. The predicted octanol–water partition coefficient (Wildman–Crippen LogP) is 4.32. The van der Waals surface area contributed by atoms with Gasteiger partial charge in [0.05, 0.1) is 6.10 Å². The molecule has 2 unspecified atom stereocenters. The van der Waals surface area contributed by atoms with Gasteiger partial charge in [0.2, 0.25) is 0 Å². The highest BCUT2D eigenvalue weighted by Gasteiger charge is 2.23. The van der Waals surface area contributed by atoms with E-state index in [9.17, 15) is 5.11 Å². The summed E-state index contributed by atoms with van der Waals surface area (Å²) in [5, 5.41) is 10.3. The van der Waals surface area contributed by atoms with Crippen molar-refractivity contribution in [3.63, 3.8) is 0 Å². The molecule has 0 aromatic heterocycles. The molecule has 0 radical (unpaired) electrons. The maximum absolute atomic E-state index is 10.3. The van der Waals surface area contributed by atoms with Crippen molar-refractivity contribution in [3.8, 4) is 0 Å². The van der Waals surface area contributed by atoms with Crippen molar-refractivity contribution in [3.05, 3.63) is 0 Å². The van der Waals surface area contributed by atoms with Crippen LogP contribution in [0.2, 0.25) is 0 Å².